The first-order valence-corrected chi connectivity index (χ1v) is 12.2. The Morgan fingerprint density at radius 3 is 2.52 bits per heavy atom. The first-order valence-electron chi connectivity index (χ1n) is 11.8. The fourth-order valence-electron chi connectivity index (χ4n) is 4.64. The topological polar surface area (TPSA) is 51.4 Å². The molecule has 3 rings (SSSR count). The van der Waals surface area contributed by atoms with Crippen molar-refractivity contribution in [3.8, 4) is 0 Å². The number of aryl methyl sites for hydroxylation is 2. The van der Waals surface area contributed by atoms with Gasteiger partial charge in [0.15, 0.2) is 5.11 Å². The van der Waals surface area contributed by atoms with Gasteiger partial charge in [0.25, 0.3) is 5.56 Å². The van der Waals surface area contributed by atoms with Crippen LogP contribution in [0.25, 0.3) is 10.9 Å². The van der Waals surface area contributed by atoms with Gasteiger partial charge in [-0.2, -0.15) is 0 Å². The van der Waals surface area contributed by atoms with E-state index in [9.17, 15) is 4.79 Å². The molecule has 0 aliphatic heterocycles. The van der Waals surface area contributed by atoms with E-state index >= 15 is 0 Å². The molecular formula is C25H38N4OS. The Labute approximate surface area is 192 Å². The number of nitrogens with one attached hydrogen (secondary N) is 2. The third kappa shape index (κ3) is 5.86. The van der Waals surface area contributed by atoms with Crippen molar-refractivity contribution in [3.63, 3.8) is 0 Å². The summed E-state index contributed by atoms with van der Waals surface area (Å²) in [5, 5.41) is 5.39. The van der Waals surface area contributed by atoms with E-state index < -0.39 is 0 Å². The van der Waals surface area contributed by atoms with E-state index in [0.717, 1.165) is 72.6 Å². The predicted octanol–water partition coefficient (Wildman–Crippen LogP) is 4.50. The number of pyridine rings is 1. The number of hydrogen-bond acceptors (Lipinski definition) is 3. The summed E-state index contributed by atoms with van der Waals surface area (Å²) >= 11 is 5.82. The van der Waals surface area contributed by atoms with Gasteiger partial charge in [0.1, 0.15) is 0 Å². The summed E-state index contributed by atoms with van der Waals surface area (Å²) in [6, 6.07) is 6.67. The molecule has 0 unspecified atom stereocenters. The summed E-state index contributed by atoms with van der Waals surface area (Å²) in [7, 11) is 0. The Morgan fingerprint density at radius 2 is 1.84 bits per heavy atom. The monoisotopic (exact) mass is 442 g/mol. The van der Waals surface area contributed by atoms with E-state index in [1.54, 1.807) is 0 Å². The van der Waals surface area contributed by atoms with Gasteiger partial charge in [-0.1, -0.05) is 38.8 Å². The largest absolute Gasteiger partial charge is 0.363 e. The van der Waals surface area contributed by atoms with Gasteiger partial charge in [0.2, 0.25) is 0 Å². The van der Waals surface area contributed by atoms with E-state index in [1.165, 1.54) is 18.4 Å². The van der Waals surface area contributed by atoms with Crippen molar-refractivity contribution in [1.29, 1.82) is 0 Å². The lowest BCUT2D eigenvalue weighted by atomic mass is 10.0. The van der Waals surface area contributed by atoms with Crippen LogP contribution < -0.4 is 10.9 Å². The number of hydrogen-bond donors (Lipinski definition) is 2. The second-order valence-electron chi connectivity index (χ2n) is 8.79. The van der Waals surface area contributed by atoms with Crippen molar-refractivity contribution < 1.29 is 0 Å². The molecule has 0 bridgehead atoms. The minimum Gasteiger partial charge on any atom is -0.363 e. The van der Waals surface area contributed by atoms with Gasteiger partial charge >= 0.3 is 0 Å². The van der Waals surface area contributed by atoms with Crippen LogP contribution in [0.2, 0.25) is 0 Å². The number of benzene rings is 1. The van der Waals surface area contributed by atoms with Crippen molar-refractivity contribution in [2.24, 2.45) is 0 Å². The average Bonchev–Trinajstić information content (AvgIpc) is 3.29. The number of H-pyrrole nitrogens is 1. The van der Waals surface area contributed by atoms with E-state index in [1.807, 2.05) is 6.92 Å². The minimum absolute atomic E-state index is 0.00599. The minimum atomic E-state index is -0.00599. The molecule has 1 fully saturated rings. The van der Waals surface area contributed by atoms with Crippen molar-refractivity contribution >= 4 is 28.2 Å². The van der Waals surface area contributed by atoms with Crippen LogP contribution in [0.1, 0.15) is 62.6 Å². The second-order valence-corrected chi connectivity index (χ2v) is 9.18. The molecular weight excluding hydrogens is 404 g/mol. The fraction of sp³-hybridized carbons (Fsp3) is 0.600. The molecule has 31 heavy (non-hydrogen) atoms. The number of rotatable bonds is 9. The summed E-state index contributed by atoms with van der Waals surface area (Å²) in [5.74, 6) is 0. The molecule has 1 heterocycles. The molecule has 2 N–H and O–H groups in total. The average molecular weight is 443 g/mol. The van der Waals surface area contributed by atoms with Gasteiger partial charge in [-0.15, -0.1) is 0 Å². The van der Waals surface area contributed by atoms with Gasteiger partial charge in [-0.05, 0) is 82.2 Å². The Kier molecular flexibility index (Phi) is 8.50. The Balaban J connectivity index is 1.75. The Morgan fingerprint density at radius 1 is 1.16 bits per heavy atom. The van der Waals surface area contributed by atoms with Crippen LogP contribution in [0.5, 0.6) is 0 Å². The van der Waals surface area contributed by atoms with Crippen LogP contribution in [-0.2, 0) is 6.54 Å². The summed E-state index contributed by atoms with van der Waals surface area (Å²) < 4.78 is 0. The van der Waals surface area contributed by atoms with Crippen LogP contribution in [0.4, 0.5) is 0 Å². The Hall–Kier alpha value is -1.92. The maximum Gasteiger partial charge on any atom is 0.253 e. The van der Waals surface area contributed by atoms with Gasteiger partial charge < -0.3 is 20.1 Å². The first kappa shape index (κ1) is 23.7. The zero-order chi connectivity index (χ0) is 22.4. The van der Waals surface area contributed by atoms with Gasteiger partial charge in [0.05, 0.1) is 12.1 Å². The Bertz CT molecular complexity index is 944. The molecule has 0 spiro atoms. The van der Waals surface area contributed by atoms with E-state index in [0.29, 0.717) is 12.6 Å². The summed E-state index contributed by atoms with van der Waals surface area (Å²) in [6.45, 7) is 13.2. The quantitative estimate of drug-likeness (QED) is 0.442. The smallest absolute Gasteiger partial charge is 0.253 e. The maximum absolute atomic E-state index is 12.9. The molecule has 170 valence electrons. The molecule has 1 aromatic carbocycles. The molecule has 1 aliphatic rings. The number of nitrogens with zero attached hydrogens (tertiary/aromatic N) is 2. The lowest BCUT2D eigenvalue weighted by Gasteiger charge is -2.32. The molecule has 1 aliphatic carbocycles. The lowest BCUT2D eigenvalue weighted by Crippen LogP contribution is -2.46. The van der Waals surface area contributed by atoms with Crippen molar-refractivity contribution in [2.45, 2.75) is 72.4 Å². The third-order valence-electron chi connectivity index (χ3n) is 6.71. The highest BCUT2D eigenvalue weighted by atomic mass is 32.1. The van der Waals surface area contributed by atoms with E-state index in [-0.39, 0.29) is 5.56 Å². The molecule has 0 saturated heterocycles. The fourth-order valence-corrected chi connectivity index (χ4v) is 4.96. The zero-order valence-corrected chi connectivity index (χ0v) is 20.4. The number of fused-ring (bicyclic) bond motifs is 1. The lowest BCUT2D eigenvalue weighted by molar-refractivity contribution is 0.291. The SMILES string of the molecule is CCN(CC)CCCNC(=S)N(Cc1cc2c(C)ccc(C)c2[nH]c1=O)C1CCCC1. The standard InChI is InChI=1S/C25H38N4OS/c1-5-28(6-2)15-9-14-26-25(31)29(21-10-7-8-11-21)17-20-16-22-18(3)12-13-19(4)23(22)27-24(20)30/h12-13,16,21H,5-11,14-15,17H2,1-4H3,(H,26,31)(H,27,30). The summed E-state index contributed by atoms with van der Waals surface area (Å²) in [6.07, 6.45) is 5.82. The molecule has 0 radical (unpaired) electrons. The van der Waals surface area contributed by atoms with Crippen LogP contribution in [-0.4, -0.2) is 52.1 Å². The zero-order valence-electron chi connectivity index (χ0n) is 19.6. The predicted molar refractivity (Wildman–Crippen MR) is 135 cm³/mol. The van der Waals surface area contributed by atoms with Crippen LogP contribution in [0.3, 0.4) is 0 Å². The van der Waals surface area contributed by atoms with Crippen LogP contribution in [0, 0.1) is 13.8 Å². The number of aromatic nitrogens is 1. The van der Waals surface area contributed by atoms with Crippen LogP contribution in [0.15, 0.2) is 23.0 Å². The highest BCUT2D eigenvalue weighted by molar-refractivity contribution is 7.80. The van der Waals surface area contributed by atoms with Gasteiger partial charge in [-0.25, -0.2) is 0 Å². The molecule has 0 atom stereocenters. The molecule has 1 aromatic heterocycles. The van der Waals surface area contributed by atoms with Crippen molar-refractivity contribution in [1.82, 2.24) is 20.1 Å². The van der Waals surface area contributed by atoms with Gasteiger partial charge in [0, 0.05) is 23.5 Å². The highest BCUT2D eigenvalue weighted by Crippen LogP contribution is 2.26. The number of aromatic amines is 1. The normalized spacial score (nSPS) is 14.5. The first-order chi connectivity index (χ1) is 14.9. The van der Waals surface area contributed by atoms with E-state index in [2.05, 4.69) is 59.1 Å². The molecule has 0 amide bonds. The molecule has 1 saturated carbocycles. The van der Waals surface area contributed by atoms with Crippen molar-refractivity contribution in [3.05, 3.63) is 45.2 Å². The van der Waals surface area contributed by atoms with Gasteiger partial charge in [-0.3, -0.25) is 4.79 Å². The van der Waals surface area contributed by atoms with E-state index in [4.69, 9.17) is 12.2 Å². The summed E-state index contributed by atoms with van der Waals surface area (Å²) in [4.78, 5) is 20.7. The summed E-state index contributed by atoms with van der Waals surface area (Å²) in [5.41, 5.74) is 4.01. The molecule has 2 aromatic rings. The second kappa shape index (κ2) is 11.1. The third-order valence-corrected chi connectivity index (χ3v) is 7.09. The molecule has 6 heteroatoms. The molecule has 5 nitrogen and oxygen atoms in total. The number of thiocarbonyl (C=S) groups is 1. The maximum atomic E-state index is 12.9. The van der Waals surface area contributed by atoms with Crippen molar-refractivity contribution in [2.75, 3.05) is 26.2 Å². The highest BCUT2D eigenvalue weighted by Gasteiger charge is 2.25. The van der Waals surface area contributed by atoms with Crippen LogP contribution >= 0.6 is 12.2 Å².